The third-order valence-electron chi connectivity index (χ3n) is 9.91. The van der Waals surface area contributed by atoms with E-state index < -0.39 is 0 Å². The second-order valence-corrected chi connectivity index (χ2v) is 13.5. The third kappa shape index (κ3) is 6.93. The van der Waals surface area contributed by atoms with Gasteiger partial charge in [-0.25, -0.2) is 9.97 Å². The zero-order valence-electron chi connectivity index (χ0n) is 30.0. The number of fused-ring (bicyclic) bond motifs is 1. The van der Waals surface area contributed by atoms with Crippen LogP contribution in [0.3, 0.4) is 0 Å². The Balaban J connectivity index is 1.24. The molecule has 0 saturated heterocycles. The Labute approximate surface area is 321 Å². The highest BCUT2D eigenvalue weighted by atomic mass is 14.9. The van der Waals surface area contributed by atoms with Crippen LogP contribution in [0.5, 0.6) is 0 Å². The van der Waals surface area contributed by atoms with Crippen LogP contribution in [0, 0.1) is 5.41 Å². The first-order valence-corrected chi connectivity index (χ1v) is 18.4. The van der Waals surface area contributed by atoms with Crippen molar-refractivity contribution in [2.45, 2.75) is 0 Å². The first kappa shape index (κ1) is 33.4. The monoisotopic (exact) mass is 704 g/mol. The number of rotatable bonds is 8. The fourth-order valence-corrected chi connectivity index (χ4v) is 7.15. The smallest absolute Gasteiger partial charge is 0.160 e. The van der Waals surface area contributed by atoms with E-state index in [1.165, 1.54) is 0 Å². The van der Waals surface area contributed by atoms with Crippen molar-refractivity contribution in [1.82, 2.24) is 15.3 Å². The molecule has 260 valence electrons. The van der Waals surface area contributed by atoms with E-state index in [0.717, 1.165) is 84.0 Å². The summed E-state index contributed by atoms with van der Waals surface area (Å²) in [4.78, 5) is 10.3. The van der Waals surface area contributed by atoms with Crippen molar-refractivity contribution in [3.05, 3.63) is 228 Å². The number of nitrogens with zero attached hydrogens (tertiary/aromatic N) is 2. The molecule has 1 aromatic heterocycles. The van der Waals surface area contributed by atoms with Crippen molar-refractivity contribution in [1.29, 1.82) is 5.41 Å². The Morgan fingerprint density at radius 2 is 0.927 bits per heavy atom. The lowest BCUT2D eigenvalue weighted by Crippen LogP contribution is -2.20. The number of benzene rings is 7. The lowest BCUT2D eigenvalue weighted by Gasteiger charge is -2.26. The molecule has 0 radical (unpaired) electrons. The molecule has 55 heavy (non-hydrogen) atoms. The normalized spacial score (nSPS) is 12.9. The van der Waals surface area contributed by atoms with E-state index >= 15 is 0 Å². The average molecular weight is 705 g/mol. The molecule has 0 bridgehead atoms. The first-order chi connectivity index (χ1) is 27.2. The maximum Gasteiger partial charge on any atom is 0.160 e. The molecule has 0 saturated carbocycles. The van der Waals surface area contributed by atoms with Crippen LogP contribution < -0.4 is 5.32 Å². The summed E-state index contributed by atoms with van der Waals surface area (Å²) < 4.78 is 0. The minimum atomic E-state index is 0.448. The second-order valence-electron chi connectivity index (χ2n) is 13.5. The van der Waals surface area contributed by atoms with Crippen LogP contribution in [0.2, 0.25) is 0 Å². The predicted octanol–water partition coefficient (Wildman–Crippen LogP) is 12.2. The maximum atomic E-state index is 9.60. The van der Waals surface area contributed by atoms with Crippen molar-refractivity contribution in [3.8, 4) is 45.0 Å². The molecule has 1 aliphatic heterocycles. The quantitative estimate of drug-likeness (QED) is 0.155. The highest BCUT2D eigenvalue weighted by molar-refractivity contribution is 6.36. The summed E-state index contributed by atoms with van der Waals surface area (Å²) in [6.45, 7) is 0. The molecule has 2 heterocycles. The van der Waals surface area contributed by atoms with E-state index in [2.05, 4.69) is 133 Å². The van der Waals surface area contributed by atoms with Gasteiger partial charge in [-0.3, -0.25) is 5.41 Å². The molecule has 0 amide bonds. The number of allylic oxidation sites excluding steroid dienone is 1. The lowest BCUT2D eigenvalue weighted by atomic mass is 9.87. The van der Waals surface area contributed by atoms with Gasteiger partial charge < -0.3 is 5.32 Å². The summed E-state index contributed by atoms with van der Waals surface area (Å²) in [5.41, 5.74) is 15.0. The molecule has 8 aromatic rings. The SMILES string of the molecule is N=C(/C(=C1\NC(c2ccccc2)=Cc2cc(-c3cc(-c4cccc(-c5ccccc5)c4)nc(-c4ccccc4)n3)ccc21)c1ccccc1)c1ccccc1. The van der Waals surface area contributed by atoms with Gasteiger partial charge in [-0.1, -0.05) is 182 Å². The van der Waals surface area contributed by atoms with Crippen molar-refractivity contribution in [2.24, 2.45) is 0 Å². The molecule has 4 heteroatoms. The fourth-order valence-electron chi connectivity index (χ4n) is 7.15. The van der Waals surface area contributed by atoms with E-state index in [1.807, 2.05) is 78.9 Å². The van der Waals surface area contributed by atoms with E-state index in [4.69, 9.17) is 9.97 Å². The van der Waals surface area contributed by atoms with E-state index in [1.54, 1.807) is 0 Å². The standard InChI is InChI=1S/C51H36N4/c52-49(38-23-12-4-13-24-38)48(37-21-10-3-11-22-37)50-44-30-29-42(32-43(44)33-45(53-50)36-19-8-2-9-20-36)47-34-46(54-51(55-47)39-25-14-5-15-26-39)41-28-16-27-40(31-41)35-17-6-1-7-18-35/h1-34,52-53H/b50-48-,52-49?. The number of nitrogens with one attached hydrogen (secondary N) is 2. The van der Waals surface area contributed by atoms with Crippen molar-refractivity contribution in [3.63, 3.8) is 0 Å². The van der Waals surface area contributed by atoms with Gasteiger partial charge in [-0.2, -0.15) is 0 Å². The van der Waals surface area contributed by atoms with Crippen LogP contribution in [0.25, 0.3) is 68.1 Å². The van der Waals surface area contributed by atoms with Gasteiger partial charge in [0.2, 0.25) is 0 Å². The summed E-state index contributed by atoms with van der Waals surface area (Å²) >= 11 is 0. The molecule has 0 aliphatic carbocycles. The molecule has 0 atom stereocenters. The zero-order chi connectivity index (χ0) is 37.0. The van der Waals surface area contributed by atoms with Crippen LogP contribution in [0.4, 0.5) is 0 Å². The Morgan fingerprint density at radius 1 is 0.418 bits per heavy atom. The van der Waals surface area contributed by atoms with Gasteiger partial charge in [0, 0.05) is 39.1 Å². The van der Waals surface area contributed by atoms with E-state index in [-0.39, 0.29) is 0 Å². The van der Waals surface area contributed by atoms with Crippen molar-refractivity contribution >= 4 is 28.8 Å². The summed E-state index contributed by atoms with van der Waals surface area (Å²) in [6, 6.07) is 68.3. The molecule has 2 N–H and O–H groups in total. The Morgan fingerprint density at radius 3 is 1.56 bits per heavy atom. The Kier molecular flexibility index (Phi) is 9.05. The maximum absolute atomic E-state index is 9.60. The molecule has 0 spiro atoms. The largest absolute Gasteiger partial charge is 0.354 e. The van der Waals surface area contributed by atoms with Gasteiger partial charge in [0.25, 0.3) is 0 Å². The van der Waals surface area contributed by atoms with Gasteiger partial charge in [-0.05, 0) is 52.1 Å². The highest BCUT2D eigenvalue weighted by Gasteiger charge is 2.24. The number of hydrogen-bond donors (Lipinski definition) is 2. The van der Waals surface area contributed by atoms with Gasteiger partial charge in [0.15, 0.2) is 5.82 Å². The van der Waals surface area contributed by atoms with Crippen LogP contribution in [-0.4, -0.2) is 15.7 Å². The average Bonchev–Trinajstić information content (AvgIpc) is 3.27. The fraction of sp³-hybridized carbons (Fsp3) is 0. The van der Waals surface area contributed by atoms with Gasteiger partial charge in [0.1, 0.15) is 0 Å². The second kappa shape index (κ2) is 14.9. The Bertz CT molecular complexity index is 2700. The molecule has 9 rings (SSSR count). The van der Waals surface area contributed by atoms with Crippen molar-refractivity contribution < 1.29 is 0 Å². The summed E-state index contributed by atoms with van der Waals surface area (Å²) in [6.07, 6.45) is 2.20. The van der Waals surface area contributed by atoms with Gasteiger partial charge in [0.05, 0.1) is 22.8 Å². The summed E-state index contributed by atoms with van der Waals surface area (Å²) in [7, 11) is 0. The Hall–Kier alpha value is -7.43. The lowest BCUT2D eigenvalue weighted by molar-refractivity contribution is 1.18. The van der Waals surface area contributed by atoms with Crippen LogP contribution >= 0.6 is 0 Å². The summed E-state index contributed by atoms with van der Waals surface area (Å²) in [5, 5.41) is 13.4. The molecule has 1 aliphatic rings. The van der Waals surface area contributed by atoms with Crippen LogP contribution in [0.15, 0.2) is 200 Å². The van der Waals surface area contributed by atoms with Crippen LogP contribution in [-0.2, 0) is 0 Å². The van der Waals surface area contributed by atoms with Crippen LogP contribution in [0.1, 0.15) is 27.8 Å². The minimum Gasteiger partial charge on any atom is -0.354 e. The molecule has 4 nitrogen and oxygen atoms in total. The number of aromatic nitrogens is 2. The molecule has 7 aromatic carbocycles. The minimum absolute atomic E-state index is 0.448. The first-order valence-electron chi connectivity index (χ1n) is 18.4. The summed E-state index contributed by atoms with van der Waals surface area (Å²) in [5.74, 6) is 0.668. The zero-order valence-corrected chi connectivity index (χ0v) is 30.0. The topological polar surface area (TPSA) is 61.7 Å². The molecule has 0 fully saturated rings. The predicted molar refractivity (Wildman–Crippen MR) is 228 cm³/mol. The highest BCUT2D eigenvalue weighted by Crippen LogP contribution is 2.39. The van der Waals surface area contributed by atoms with Gasteiger partial charge in [-0.15, -0.1) is 0 Å². The molecule has 0 unspecified atom stereocenters. The molecular weight excluding hydrogens is 669 g/mol. The van der Waals surface area contributed by atoms with E-state index in [0.29, 0.717) is 11.5 Å². The van der Waals surface area contributed by atoms with Gasteiger partial charge >= 0.3 is 0 Å². The third-order valence-corrected chi connectivity index (χ3v) is 9.91. The number of hydrogen-bond acceptors (Lipinski definition) is 4. The van der Waals surface area contributed by atoms with Crippen molar-refractivity contribution in [2.75, 3.05) is 0 Å². The van der Waals surface area contributed by atoms with E-state index in [9.17, 15) is 5.41 Å². The molecular formula is C51H36N4.